The Morgan fingerprint density at radius 2 is 1.90 bits per heavy atom. The first-order valence-electron chi connectivity index (χ1n) is 10.1. The number of amides is 1. The standard InChI is InChI=1S/C24H22N2O4/c27-23(9-7-17-6-8-20-22(15-17)29-16-28-20)26-13-10-19(11-14-26)30-21-5-1-3-18-4-2-12-25-24(18)21/h1-9,12,15,19H,10-11,13-14,16H2/b9-7+. The second-order valence-electron chi connectivity index (χ2n) is 7.42. The van der Waals surface area contributed by atoms with Crippen LogP contribution in [0.4, 0.5) is 0 Å². The van der Waals surface area contributed by atoms with Crippen LogP contribution in [0.15, 0.2) is 60.8 Å². The van der Waals surface area contributed by atoms with Gasteiger partial charge >= 0.3 is 0 Å². The van der Waals surface area contributed by atoms with E-state index >= 15 is 0 Å². The van der Waals surface area contributed by atoms with Gasteiger partial charge < -0.3 is 19.1 Å². The zero-order chi connectivity index (χ0) is 20.3. The summed E-state index contributed by atoms with van der Waals surface area (Å²) in [6.07, 6.45) is 6.89. The number of aromatic nitrogens is 1. The Bertz CT molecular complexity index is 1100. The zero-order valence-corrected chi connectivity index (χ0v) is 16.5. The van der Waals surface area contributed by atoms with E-state index in [1.54, 1.807) is 12.3 Å². The molecule has 0 radical (unpaired) electrons. The summed E-state index contributed by atoms with van der Waals surface area (Å²) in [6, 6.07) is 15.6. The number of likely N-dealkylation sites (tertiary alicyclic amines) is 1. The summed E-state index contributed by atoms with van der Waals surface area (Å²) < 4.78 is 16.9. The lowest BCUT2D eigenvalue weighted by Gasteiger charge is -2.31. The van der Waals surface area contributed by atoms with Crippen LogP contribution in [0.3, 0.4) is 0 Å². The summed E-state index contributed by atoms with van der Waals surface area (Å²) in [5, 5.41) is 1.07. The van der Waals surface area contributed by atoms with Crippen molar-refractivity contribution in [2.24, 2.45) is 0 Å². The fraction of sp³-hybridized carbons (Fsp3) is 0.250. The van der Waals surface area contributed by atoms with E-state index in [2.05, 4.69) is 4.98 Å². The molecule has 2 aromatic carbocycles. The topological polar surface area (TPSA) is 60.9 Å². The molecule has 2 aliphatic rings. The van der Waals surface area contributed by atoms with Crippen molar-refractivity contribution in [2.75, 3.05) is 19.9 Å². The van der Waals surface area contributed by atoms with E-state index in [1.165, 1.54) is 0 Å². The summed E-state index contributed by atoms with van der Waals surface area (Å²) in [6.45, 7) is 1.59. The molecule has 0 unspecified atom stereocenters. The van der Waals surface area contributed by atoms with Gasteiger partial charge in [-0.25, -0.2) is 0 Å². The quantitative estimate of drug-likeness (QED) is 0.616. The number of pyridine rings is 1. The Labute approximate surface area is 174 Å². The van der Waals surface area contributed by atoms with Crippen LogP contribution in [0, 0.1) is 0 Å². The Kier molecular flexibility index (Phi) is 4.97. The molecule has 0 aliphatic carbocycles. The van der Waals surface area contributed by atoms with E-state index in [4.69, 9.17) is 14.2 Å². The number of fused-ring (bicyclic) bond motifs is 2. The third kappa shape index (κ3) is 3.81. The molecule has 0 saturated carbocycles. The summed E-state index contributed by atoms with van der Waals surface area (Å²) >= 11 is 0. The molecule has 1 aromatic heterocycles. The maximum Gasteiger partial charge on any atom is 0.246 e. The molecular formula is C24H22N2O4. The number of rotatable bonds is 4. The number of hydrogen-bond donors (Lipinski definition) is 0. The maximum atomic E-state index is 12.6. The number of piperidine rings is 1. The monoisotopic (exact) mass is 402 g/mol. The van der Waals surface area contributed by atoms with Crippen molar-refractivity contribution < 1.29 is 19.0 Å². The first-order valence-corrected chi connectivity index (χ1v) is 10.1. The van der Waals surface area contributed by atoms with Crippen molar-refractivity contribution >= 4 is 22.9 Å². The highest BCUT2D eigenvalue weighted by molar-refractivity contribution is 5.92. The van der Waals surface area contributed by atoms with Gasteiger partial charge in [0.15, 0.2) is 11.5 Å². The van der Waals surface area contributed by atoms with Gasteiger partial charge in [-0.3, -0.25) is 9.78 Å². The first-order chi connectivity index (χ1) is 14.8. The zero-order valence-electron chi connectivity index (χ0n) is 16.5. The van der Waals surface area contributed by atoms with Gasteiger partial charge in [-0.2, -0.15) is 0 Å². The number of nitrogens with zero attached hydrogens (tertiary/aromatic N) is 2. The van der Waals surface area contributed by atoms with Gasteiger partial charge in [0.25, 0.3) is 0 Å². The number of carbonyl (C=O) groups excluding carboxylic acids is 1. The minimum absolute atomic E-state index is 0.0120. The number of benzene rings is 2. The molecule has 2 aliphatic heterocycles. The highest BCUT2D eigenvalue weighted by Crippen LogP contribution is 2.33. The number of hydrogen-bond acceptors (Lipinski definition) is 5. The highest BCUT2D eigenvalue weighted by atomic mass is 16.7. The van der Waals surface area contributed by atoms with Crippen LogP contribution in [-0.4, -0.2) is 41.8 Å². The molecule has 1 amide bonds. The van der Waals surface area contributed by atoms with Crippen LogP contribution >= 0.6 is 0 Å². The molecule has 0 N–H and O–H groups in total. The van der Waals surface area contributed by atoms with Gasteiger partial charge in [0, 0.05) is 43.6 Å². The molecule has 0 bridgehead atoms. The largest absolute Gasteiger partial charge is 0.488 e. The third-order valence-corrected chi connectivity index (χ3v) is 5.46. The lowest BCUT2D eigenvalue weighted by molar-refractivity contribution is -0.127. The number of ether oxygens (including phenoxy) is 3. The predicted octanol–water partition coefficient (Wildman–Crippen LogP) is 4.05. The Morgan fingerprint density at radius 1 is 1.07 bits per heavy atom. The van der Waals surface area contributed by atoms with Gasteiger partial charge in [-0.05, 0) is 35.9 Å². The smallest absolute Gasteiger partial charge is 0.246 e. The second kappa shape index (κ2) is 8.06. The summed E-state index contributed by atoms with van der Waals surface area (Å²) in [7, 11) is 0. The van der Waals surface area contributed by atoms with Gasteiger partial charge in [0.1, 0.15) is 17.4 Å². The highest BCUT2D eigenvalue weighted by Gasteiger charge is 2.23. The Morgan fingerprint density at radius 3 is 2.80 bits per heavy atom. The molecule has 30 heavy (non-hydrogen) atoms. The van der Waals surface area contributed by atoms with Gasteiger partial charge in [0.05, 0.1) is 0 Å². The van der Waals surface area contributed by atoms with E-state index in [-0.39, 0.29) is 18.8 Å². The van der Waals surface area contributed by atoms with Crippen molar-refractivity contribution in [1.82, 2.24) is 9.88 Å². The molecule has 6 nitrogen and oxygen atoms in total. The number of carbonyl (C=O) groups is 1. The fourth-order valence-electron chi connectivity index (χ4n) is 3.83. The molecule has 3 heterocycles. The van der Waals surface area contributed by atoms with E-state index in [9.17, 15) is 4.79 Å². The van der Waals surface area contributed by atoms with Crippen LogP contribution in [0.1, 0.15) is 18.4 Å². The van der Waals surface area contributed by atoms with Crippen molar-refractivity contribution in [3.63, 3.8) is 0 Å². The van der Waals surface area contributed by atoms with Gasteiger partial charge in [0.2, 0.25) is 12.7 Å². The molecule has 3 aromatic rings. The van der Waals surface area contributed by atoms with Crippen molar-refractivity contribution in [2.45, 2.75) is 18.9 Å². The molecule has 1 fully saturated rings. The van der Waals surface area contributed by atoms with Crippen LogP contribution in [-0.2, 0) is 4.79 Å². The average molecular weight is 402 g/mol. The lowest BCUT2D eigenvalue weighted by atomic mass is 10.1. The van der Waals surface area contributed by atoms with Crippen molar-refractivity contribution in [1.29, 1.82) is 0 Å². The molecular weight excluding hydrogens is 380 g/mol. The van der Waals surface area contributed by atoms with Crippen molar-refractivity contribution in [3.05, 3.63) is 66.4 Å². The van der Waals surface area contributed by atoms with E-state index in [0.717, 1.165) is 40.8 Å². The lowest BCUT2D eigenvalue weighted by Crippen LogP contribution is -2.41. The fourth-order valence-corrected chi connectivity index (χ4v) is 3.83. The van der Waals surface area contributed by atoms with E-state index in [1.807, 2.05) is 59.5 Å². The van der Waals surface area contributed by atoms with Crippen LogP contribution < -0.4 is 14.2 Å². The van der Waals surface area contributed by atoms with E-state index in [0.29, 0.717) is 18.8 Å². The molecule has 5 rings (SSSR count). The third-order valence-electron chi connectivity index (χ3n) is 5.46. The Hall–Kier alpha value is -3.54. The summed E-state index contributed by atoms with van der Waals surface area (Å²) in [5.41, 5.74) is 1.79. The van der Waals surface area contributed by atoms with Gasteiger partial charge in [-0.15, -0.1) is 0 Å². The Balaban J connectivity index is 1.18. The SMILES string of the molecule is O=C(/C=C/c1ccc2c(c1)OCO2)N1CCC(Oc2cccc3cccnc23)CC1. The van der Waals surface area contributed by atoms with Gasteiger partial charge in [-0.1, -0.05) is 24.3 Å². The summed E-state index contributed by atoms with van der Waals surface area (Å²) in [4.78, 5) is 18.9. The second-order valence-corrected chi connectivity index (χ2v) is 7.42. The normalized spacial score (nSPS) is 16.3. The van der Waals surface area contributed by atoms with Crippen LogP contribution in [0.5, 0.6) is 17.2 Å². The molecule has 1 saturated heterocycles. The predicted molar refractivity (Wildman–Crippen MR) is 114 cm³/mol. The van der Waals surface area contributed by atoms with Crippen LogP contribution in [0.25, 0.3) is 17.0 Å². The minimum atomic E-state index is 0.0120. The minimum Gasteiger partial charge on any atom is -0.488 e. The molecule has 6 heteroatoms. The molecule has 0 spiro atoms. The van der Waals surface area contributed by atoms with E-state index < -0.39 is 0 Å². The number of para-hydroxylation sites is 1. The maximum absolute atomic E-state index is 12.6. The molecule has 152 valence electrons. The summed E-state index contributed by atoms with van der Waals surface area (Å²) in [5.74, 6) is 2.27. The van der Waals surface area contributed by atoms with Crippen molar-refractivity contribution in [3.8, 4) is 17.2 Å². The molecule has 0 atom stereocenters. The van der Waals surface area contributed by atoms with Crippen LogP contribution in [0.2, 0.25) is 0 Å². The first kappa shape index (κ1) is 18.5. The average Bonchev–Trinajstić information content (AvgIpc) is 3.26.